The Morgan fingerprint density at radius 3 is 2.57 bits per heavy atom. The summed E-state index contributed by atoms with van der Waals surface area (Å²) in [5, 5.41) is 12.3. The number of ether oxygens (including phenoxy) is 3. The number of carbonyl (C=O) groups excluding carboxylic acids is 2. The molecule has 2 N–H and O–H groups in total. The van der Waals surface area contributed by atoms with Crippen LogP contribution in [0.2, 0.25) is 0 Å². The molecule has 0 aromatic heterocycles. The standard InChI is InChI=1S/C21H23NO6/c1-13(2)20(14-6-7-17-18(11-14)27-9-8-26-17)22-19(24)12-28-21(25)15-4-3-5-16(23)10-15/h3-7,10-11,13,20,23H,8-9,12H2,1-2H3,(H,22,24). The summed E-state index contributed by atoms with van der Waals surface area (Å²) in [7, 11) is 0. The van der Waals surface area contributed by atoms with Crippen LogP contribution in [0.4, 0.5) is 0 Å². The summed E-state index contributed by atoms with van der Waals surface area (Å²) >= 11 is 0. The molecule has 0 radical (unpaired) electrons. The van der Waals surface area contributed by atoms with Crippen molar-refractivity contribution in [1.29, 1.82) is 0 Å². The van der Waals surface area contributed by atoms with E-state index in [1.54, 1.807) is 0 Å². The number of hydrogen-bond donors (Lipinski definition) is 2. The van der Waals surface area contributed by atoms with Crippen LogP contribution < -0.4 is 14.8 Å². The van der Waals surface area contributed by atoms with E-state index in [0.717, 1.165) is 5.56 Å². The van der Waals surface area contributed by atoms with E-state index in [-0.39, 0.29) is 23.3 Å². The Morgan fingerprint density at radius 1 is 1.11 bits per heavy atom. The first-order chi connectivity index (χ1) is 13.4. The molecule has 1 heterocycles. The van der Waals surface area contributed by atoms with E-state index in [4.69, 9.17) is 14.2 Å². The Labute approximate surface area is 163 Å². The zero-order valence-electron chi connectivity index (χ0n) is 15.8. The number of nitrogens with one attached hydrogen (secondary N) is 1. The van der Waals surface area contributed by atoms with Crippen LogP contribution in [0.15, 0.2) is 42.5 Å². The summed E-state index contributed by atoms with van der Waals surface area (Å²) in [5.74, 6) is 0.307. The molecule has 0 saturated heterocycles. The average Bonchev–Trinajstić information content (AvgIpc) is 2.69. The fourth-order valence-corrected chi connectivity index (χ4v) is 2.95. The Morgan fingerprint density at radius 2 is 1.86 bits per heavy atom. The lowest BCUT2D eigenvalue weighted by Crippen LogP contribution is -2.35. The van der Waals surface area contributed by atoms with E-state index >= 15 is 0 Å². The lowest BCUT2D eigenvalue weighted by atomic mass is 9.95. The molecule has 148 valence electrons. The minimum atomic E-state index is -0.675. The van der Waals surface area contributed by atoms with Gasteiger partial charge in [-0.25, -0.2) is 4.79 Å². The number of phenolic OH excluding ortho intramolecular Hbond substituents is 1. The molecule has 1 atom stereocenters. The quantitative estimate of drug-likeness (QED) is 0.743. The molecule has 0 spiro atoms. The molecule has 0 aliphatic carbocycles. The molecule has 1 amide bonds. The van der Waals surface area contributed by atoms with Gasteiger partial charge >= 0.3 is 5.97 Å². The van der Waals surface area contributed by atoms with Gasteiger partial charge in [-0.2, -0.15) is 0 Å². The van der Waals surface area contributed by atoms with Crippen molar-refractivity contribution in [2.24, 2.45) is 5.92 Å². The van der Waals surface area contributed by atoms with E-state index in [1.807, 2.05) is 32.0 Å². The molecule has 1 aliphatic rings. The Balaban J connectivity index is 1.62. The Hall–Kier alpha value is -3.22. The summed E-state index contributed by atoms with van der Waals surface area (Å²) in [4.78, 5) is 24.3. The largest absolute Gasteiger partial charge is 0.508 e. The van der Waals surface area contributed by atoms with E-state index in [0.29, 0.717) is 24.7 Å². The maximum Gasteiger partial charge on any atom is 0.338 e. The van der Waals surface area contributed by atoms with Gasteiger partial charge in [0.15, 0.2) is 18.1 Å². The Kier molecular flexibility index (Phi) is 6.03. The molecule has 1 aliphatic heterocycles. The summed E-state index contributed by atoms with van der Waals surface area (Å²) in [5.41, 5.74) is 1.06. The molecule has 28 heavy (non-hydrogen) atoms. The molecular formula is C21H23NO6. The van der Waals surface area contributed by atoms with Crippen LogP contribution in [0.5, 0.6) is 17.2 Å². The molecule has 0 fully saturated rings. The van der Waals surface area contributed by atoms with Gasteiger partial charge in [0.2, 0.25) is 0 Å². The summed E-state index contributed by atoms with van der Waals surface area (Å²) < 4.78 is 16.2. The molecule has 0 bridgehead atoms. The van der Waals surface area contributed by atoms with Gasteiger partial charge in [0.05, 0.1) is 11.6 Å². The molecule has 3 rings (SSSR count). The molecule has 0 saturated carbocycles. The fourth-order valence-electron chi connectivity index (χ4n) is 2.95. The first-order valence-electron chi connectivity index (χ1n) is 9.09. The fraction of sp³-hybridized carbons (Fsp3) is 0.333. The van der Waals surface area contributed by atoms with Crippen LogP contribution in [0.1, 0.15) is 35.8 Å². The third-order valence-corrected chi connectivity index (χ3v) is 4.32. The van der Waals surface area contributed by atoms with Crippen molar-refractivity contribution in [1.82, 2.24) is 5.32 Å². The van der Waals surface area contributed by atoms with Gasteiger partial charge in [-0.1, -0.05) is 26.0 Å². The van der Waals surface area contributed by atoms with Gasteiger partial charge in [-0.05, 0) is 41.8 Å². The van der Waals surface area contributed by atoms with Crippen LogP contribution in [0, 0.1) is 5.92 Å². The van der Waals surface area contributed by atoms with Crippen LogP contribution in [0.25, 0.3) is 0 Å². The van der Waals surface area contributed by atoms with Crippen molar-refractivity contribution < 1.29 is 28.9 Å². The predicted octanol–water partition coefficient (Wildman–Crippen LogP) is 2.83. The summed E-state index contributed by atoms with van der Waals surface area (Å²) in [6, 6.07) is 11.1. The van der Waals surface area contributed by atoms with Crippen molar-refractivity contribution in [2.45, 2.75) is 19.9 Å². The second-order valence-electron chi connectivity index (χ2n) is 6.82. The lowest BCUT2D eigenvalue weighted by molar-refractivity contribution is -0.125. The summed E-state index contributed by atoms with van der Waals surface area (Å²) in [6.45, 7) is 4.56. The molecule has 7 heteroatoms. The number of phenols is 1. The average molecular weight is 385 g/mol. The second kappa shape index (κ2) is 8.65. The SMILES string of the molecule is CC(C)C(NC(=O)COC(=O)c1cccc(O)c1)c1ccc2c(c1)OCCO2. The molecule has 2 aromatic carbocycles. The molecule has 1 unspecified atom stereocenters. The van der Waals surface area contributed by atoms with Gasteiger partial charge in [-0.15, -0.1) is 0 Å². The molecule has 7 nitrogen and oxygen atoms in total. The van der Waals surface area contributed by atoms with Crippen molar-refractivity contribution in [3.05, 3.63) is 53.6 Å². The highest BCUT2D eigenvalue weighted by Crippen LogP contribution is 2.34. The van der Waals surface area contributed by atoms with Crippen LogP contribution >= 0.6 is 0 Å². The van der Waals surface area contributed by atoms with Gasteiger partial charge in [0.1, 0.15) is 19.0 Å². The van der Waals surface area contributed by atoms with Crippen molar-refractivity contribution in [3.8, 4) is 17.2 Å². The molecular weight excluding hydrogens is 362 g/mol. The topological polar surface area (TPSA) is 94.1 Å². The normalized spacial score (nSPS) is 13.7. The highest BCUT2D eigenvalue weighted by atomic mass is 16.6. The van der Waals surface area contributed by atoms with Crippen molar-refractivity contribution in [3.63, 3.8) is 0 Å². The number of amides is 1. The van der Waals surface area contributed by atoms with Crippen LogP contribution in [-0.2, 0) is 9.53 Å². The second-order valence-corrected chi connectivity index (χ2v) is 6.82. The highest BCUT2D eigenvalue weighted by Gasteiger charge is 2.22. The highest BCUT2D eigenvalue weighted by molar-refractivity contribution is 5.91. The predicted molar refractivity (Wildman–Crippen MR) is 102 cm³/mol. The number of aromatic hydroxyl groups is 1. The summed E-state index contributed by atoms with van der Waals surface area (Å²) in [6.07, 6.45) is 0. The third kappa shape index (κ3) is 4.73. The lowest BCUT2D eigenvalue weighted by Gasteiger charge is -2.25. The zero-order valence-corrected chi connectivity index (χ0v) is 15.8. The minimum Gasteiger partial charge on any atom is -0.508 e. The van der Waals surface area contributed by atoms with Crippen molar-refractivity contribution >= 4 is 11.9 Å². The van der Waals surface area contributed by atoms with Gasteiger partial charge in [-0.3, -0.25) is 4.79 Å². The maximum atomic E-state index is 12.3. The van der Waals surface area contributed by atoms with Gasteiger partial charge in [0, 0.05) is 0 Å². The third-order valence-electron chi connectivity index (χ3n) is 4.32. The van der Waals surface area contributed by atoms with E-state index in [1.165, 1.54) is 24.3 Å². The number of rotatable bonds is 6. The zero-order chi connectivity index (χ0) is 20.1. The number of benzene rings is 2. The van der Waals surface area contributed by atoms with E-state index in [9.17, 15) is 14.7 Å². The van der Waals surface area contributed by atoms with Crippen molar-refractivity contribution in [2.75, 3.05) is 19.8 Å². The first-order valence-corrected chi connectivity index (χ1v) is 9.09. The Bertz CT molecular complexity index is 864. The van der Waals surface area contributed by atoms with Crippen LogP contribution in [0.3, 0.4) is 0 Å². The smallest absolute Gasteiger partial charge is 0.338 e. The number of carbonyl (C=O) groups is 2. The van der Waals surface area contributed by atoms with E-state index < -0.39 is 18.5 Å². The monoisotopic (exact) mass is 385 g/mol. The van der Waals surface area contributed by atoms with Crippen LogP contribution in [-0.4, -0.2) is 36.8 Å². The number of fused-ring (bicyclic) bond motifs is 1. The van der Waals surface area contributed by atoms with Gasteiger partial charge < -0.3 is 24.6 Å². The number of esters is 1. The van der Waals surface area contributed by atoms with Gasteiger partial charge in [0.25, 0.3) is 5.91 Å². The molecule has 2 aromatic rings. The first kappa shape index (κ1) is 19.5. The maximum absolute atomic E-state index is 12.3. The minimum absolute atomic E-state index is 0.0441. The number of hydrogen-bond acceptors (Lipinski definition) is 6. The van der Waals surface area contributed by atoms with E-state index in [2.05, 4.69) is 5.32 Å².